The molecule has 126 valence electrons. The lowest BCUT2D eigenvalue weighted by Crippen LogP contribution is -2.26. The van der Waals surface area contributed by atoms with Crippen LogP contribution in [0, 0.1) is 0 Å². The van der Waals surface area contributed by atoms with Crippen molar-refractivity contribution in [1.82, 2.24) is 5.32 Å². The quantitative estimate of drug-likeness (QED) is 0.532. The van der Waals surface area contributed by atoms with Crippen molar-refractivity contribution in [2.24, 2.45) is 10.7 Å². The van der Waals surface area contributed by atoms with Crippen molar-refractivity contribution in [2.45, 2.75) is 53.2 Å². The third kappa shape index (κ3) is 7.04. The minimum atomic E-state index is 0.276. The predicted octanol–water partition coefficient (Wildman–Crippen LogP) is 4.10. The summed E-state index contributed by atoms with van der Waals surface area (Å²) in [7, 11) is 0. The van der Waals surface area contributed by atoms with E-state index in [0.29, 0.717) is 12.6 Å². The number of rotatable bonds is 9. The second kappa shape index (κ2) is 9.72. The first-order valence-corrected chi connectivity index (χ1v) is 8.08. The number of benzene rings is 1. The molecule has 0 aliphatic carbocycles. The van der Waals surface area contributed by atoms with Crippen molar-refractivity contribution in [2.75, 3.05) is 0 Å². The monoisotopic (exact) mass is 315 g/mol. The van der Waals surface area contributed by atoms with Crippen LogP contribution in [0.1, 0.15) is 46.1 Å². The Morgan fingerprint density at radius 2 is 1.96 bits per heavy atom. The highest BCUT2D eigenvalue weighted by atomic mass is 16.5. The summed E-state index contributed by atoms with van der Waals surface area (Å²) in [6, 6.07) is 10.4. The molecular weight excluding hydrogens is 286 g/mol. The van der Waals surface area contributed by atoms with E-state index in [1.165, 1.54) is 0 Å². The fourth-order valence-corrected chi connectivity index (χ4v) is 2.42. The van der Waals surface area contributed by atoms with Gasteiger partial charge in [-0.3, -0.25) is 0 Å². The van der Waals surface area contributed by atoms with Crippen LogP contribution in [0.4, 0.5) is 0 Å². The Hall–Kier alpha value is -2.23. The molecule has 1 aromatic rings. The number of nitrogens with one attached hydrogen (secondary N) is 1. The van der Waals surface area contributed by atoms with Crippen molar-refractivity contribution >= 4 is 5.71 Å². The average Bonchev–Trinajstić information content (AvgIpc) is 2.47. The van der Waals surface area contributed by atoms with E-state index in [-0.39, 0.29) is 5.82 Å². The molecule has 0 radical (unpaired) electrons. The number of ether oxygens (including phenoxy) is 1. The van der Waals surface area contributed by atoms with Gasteiger partial charge in [-0.1, -0.05) is 50.3 Å². The zero-order chi connectivity index (χ0) is 17.2. The first-order chi connectivity index (χ1) is 10.9. The topological polar surface area (TPSA) is 59.6 Å². The fraction of sp³-hybridized carbons (Fsp3) is 0.421. The van der Waals surface area contributed by atoms with Gasteiger partial charge in [-0.15, -0.1) is 0 Å². The van der Waals surface area contributed by atoms with Gasteiger partial charge in [0.05, 0.1) is 11.4 Å². The van der Waals surface area contributed by atoms with E-state index >= 15 is 0 Å². The van der Waals surface area contributed by atoms with Gasteiger partial charge in [0, 0.05) is 6.04 Å². The molecule has 0 bridgehead atoms. The molecule has 0 amide bonds. The molecular formula is C19H29N3O. The summed E-state index contributed by atoms with van der Waals surface area (Å²) in [6.45, 7) is 12.4. The zero-order valence-electron chi connectivity index (χ0n) is 14.7. The minimum absolute atomic E-state index is 0.276. The van der Waals surface area contributed by atoms with E-state index in [1.807, 2.05) is 44.2 Å². The predicted molar refractivity (Wildman–Crippen MR) is 97.9 cm³/mol. The number of hydrogen-bond acceptors (Lipinski definition) is 4. The molecule has 1 rings (SSSR count). The van der Waals surface area contributed by atoms with Gasteiger partial charge < -0.3 is 15.8 Å². The number of nitrogens with two attached hydrogens (primary N) is 1. The van der Waals surface area contributed by atoms with Gasteiger partial charge in [0.2, 0.25) is 0 Å². The highest BCUT2D eigenvalue weighted by Gasteiger charge is 2.11. The number of allylic oxidation sites excluding steroid dienone is 2. The Labute approximate surface area is 140 Å². The van der Waals surface area contributed by atoms with Crippen molar-refractivity contribution < 1.29 is 4.74 Å². The average molecular weight is 315 g/mol. The lowest BCUT2D eigenvalue weighted by atomic mass is 10.2. The number of hydrogen-bond donors (Lipinski definition) is 2. The van der Waals surface area contributed by atoms with Crippen LogP contribution in [-0.2, 0) is 11.3 Å². The molecule has 4 nitrogen and oxygen atoms in total. The molecule has 23 heavy (non-hydrogen) atoms. The maximum atomic E-state index is 6.02. The van der Waals surface area contributed by atoms with E-state index in [9.17, 15) is 0 Å². The molecule has 0 spiro atoms. The molecule has 0 fully saturated rings. The number of nitrogens with zero attached hydrogens (tertiary/aromatic N) is 1. The van der Waals surface area contributed by atoms with E-state index in [1.54, 1.807) is 0 Å². The standard InChI is InChI=1S/C19H29N3O/c1-6-10-14(2)21-15(3)19(16(4)22-17(5)20)23-13-18-11-8-7-9-12-18/h7-9,11-12,14,21H,5-6,10,13,20H2,1-4H3/b19-15-,22-16-. The highest BCUT2D eigenvalue weighted by molar-refractivity contribution is 5.97. The smallest absolute Gasteiger partial charge is 0.159 e. The lowest BCUT2D eigenvalue weighted by Gasteiger charge is -2.19. The van der Waals surface area contributed by atoms with Crippen LogP contribution >= 0.6 is 0 Å². The SMILES string of the molecule is C=C(N)/N=C(C)\C(OCc1ccccc1)=C(/C)NC(C)CCC. The molecule has 0 heterocycles. The Morgan fingerprint density at radius 3 is 2.52 bits per heavy atom. The Kier molecular flexibility index (Phi) is 7.95. The van der Waals surface area contributed by atoms with E-state index in [0.717, 1.165) is 35.6 Å². The van der Waals surface area contributed by atoms with E-state index in [4.69, 9.17) is 10.5 Å². The van der Waals surface area contributed by atoms with Gasteiger partial charge in [-0.05, 0) is 32.8 Å². The molecule has 0 aromatic heterocycles. The van der Waals surface area contributed by atoms with Crippen LogP contribution in [0.5, 0.6) is 0 Å². The van der Waals surface area contributed by atoms with Gasteiger partial charge in [-0.2, -0.15) is 0 Å². The van der Waals surface area contributed by atoms with Crippen molar-refractivity contribution in [3.8, 4) is 0 Å². The van der Waals surface area contributed by atoms with Crippen molar-refractivity contribution in [1.29, 1.82) is 0 Å². The minimum Gasteiger partial charge on any atom is -0.485 e. The summed E-state index contributed by atoms with van der Waals surface area (Å²) in [5, 5.41) is 3.47. The molecule has 1 atom stereocenters. The van der Waals surface area contributed by atoms with E-state index < -0.39 is 0 Å². The maximum absolute atomic E-state index is 6.02. The Morgan fingerprint density at radius 1 is 1.30 bits per heavy atom. The van der Waals surface area contributed by atoms with Crippen LogP contribution in [0.15, 0.2) is 59.2 Å². The maximum Gasteiger partial charge on any atom is 0.159 e. The first kappa shape index (κ1) is 18.8. The fourth-order valence-electron chi connectivity index (χ4n) is 2.42. The first-order valence-electron chi connectivity index (χ1n) is 8.08. The lowest BCUT2D eigenvalue weighted by molar-refractivity contribution is 0.211. The van der Waals surface area contributed by atoms with Crippen LogP contribution in [-0.4, -0.2) is 11.8 Å². The normalized spacial score (nSPS) is 14.0. The van der Waals surface area contributed by atoms with Crippen molar-refractivity contribution in [3.05, 3.63) is 59.8 Å². The highest BCUT2D eigenvalue weighted by Crippen LogP contribution is 2.13. The van der Waals surface area contributed by atoms with Crippen molar-refractivity contribution in [3.63, 3.8) is 0 Å². The van der Waals surface area contributed by atoms with E-state index in [2.05, 4.69) is 30.7 Å². The van der Waals surface area contributed by atoms with Crippen LogP contribution in [0.2, 0.25) is 0 Å². The molecule has 4 heteroatoms. The van der Waals surface area contributed by atoms with Crippen LogP contribution in [0.3, 0.4) is 0 Å². The Balaban J connectivity index is 2.94. The second-order valence-corrected chi connectivity index (χ2v) is 5.75. The van der Waals surface area contributed by atoms with Crippen LogP contribution in [0.25, 0.3) is 0 Å². The zero-order valence-corrected chi connectivity index (χ0v) is 14.7. The van der Waals surface area contributed by atoms with Crippen LogP contribution < -0.4 is 11.1 Å². The largest absolute Gasteiger partial charge is 0.485 e. The summed E-state index contributed by atoms with van der Waals surface area (Å²) >= 11 is 0. The summed E-state index contributed by atoms with van der Waals surface area (Å²) in [5.74, 6) is 1.00. The van der Waals surface area contributed by atoms with Gasteiger partial charge in [0.25, 0.3) is 0 Å². The third-order valence-electron chi connectivity index (χ3n) is 3.39. The summed E-state index contributed by atoms with van der Waals surface area (Å²) in [5.41, 5.74) is 8.40. The van der Waals surface area contributed by atoms with Gasteiger partial charge in [-0.25, -0.2) is 4.99 Å². The summed E-state index contributed by atoms with van der Waals surface area (Å²) in [6.07, 6.45) is 2.23. The molecule has 0 saturated carbocycles. The molecule has 1 aromatic carbocycles. The molecule has 0 saturated heterocycles. The summed E-state index contributed by atoms with van der Waals surface area (Å²) in [4.78, 5) is 4.24. The molecule has 1 unspecified atom stereocenters. The third-order valence-corrected chi connectivity index (χ3v) is 3.39. The Bertz CT molecular complexity index is 561. The number of aliphatic imine (C=N–C) groups is 1. The molecule has 0 aliphatic rings. The summed E-state index contributed by atoms with van der Waals surface area (Å²) < 4.78 is 6.02. The van der Waals surface area contributed by atoms with Gasteiger partial charge in [0.1, 0.15) is 12.4 Å². The molecule has 3 N–H and O–H groups in total. The van der Waals surface area contributed by atoms with Gasteiger partial charge >= 0.3 is 0 Å². The second-order valence-electron chi connectivity index (χ2n) is 5.75. The van der Waals surface area contributed by atoms with Gasteiger partial charge in [0.15, 0.2) is 5.76 Å². The molecule has 0 aliphatic heterocycles.